The van der Waals surface area contributed by atoms with Gasteiger partial charge in [-0.3, -0.25) is 0 Å². The number of hydrogen-bond acceptors (Lipinski definition) is 1. The van der Waals surface area contributed by atoms with Gasteiger partial charge in [0.15, 0.2) is 0 Å². The molecule has 0 bridgehead atoms. The average molecular weight is 189 g/mol. The van der Waals surface area contributed by atoms with Crippen LogP contribution in [0.5, 0.6) is 0 Å². The van der Waals surface area contributed by atoms with Gasteiger partial charge in [-0.25, -0.2) is 0 Å². The second-order valence-corrected chi connectivity index (χ2v) is 5.25. The van der Waals surface area contributed by atoms with Gasteiger partial charge < -0.3 is 5.32 Å². The fraction of sp³-hybridized carbons (Fsp3) is 0.538. The van der Waals surface area contributed by atoms with Crippen molar-refractivity contribution in [3.63, 3.8) is 0 Å². The summed E-state index contributed by atoms with van der Waals surface area (Å²) in [7, 11) is 0. The van der Waals surface area contributed by atoms with E-state index >= 15 is 0 Å². The van der Waals surface area contributed by atoms with E-state index in [2.05, 4.69) is 50.4 Å². The second-order valence-electron chi connectivity index (χ2n) is 5.25. The molecule has 0 spiro atoms. The third kappa shape index (κ3) is 2.28. The molecule has 1 nitrogen and oxygen atoms in total. The molecule has 0 atom stereocenters. The van der Waals surface area contributed by atoms with Crippen molar-refractivity contribution in [1.29, 1.82) is 0 Å². The van der Waals surface area contributed by atoms with Crippen molar-refractivity contribution in [3.8, 4) is 0 Å². The number of rotatable bonds is 2. The molecule has 2 rings (SSSR count). The Morgan fingerprint density at radius 2 is 1.93 bits per heavy atom. The Balaban J connectivity index is 2.17. The number of nitrogens with one attached hydrogen (secondary N) is 1. The molecule has 76 valence electrons. The molecule has 1 aliphatic rings. The fourth-order valence-electron chi connectivity index (χ4n) is 1.54. The minimum absolute atomic E-state index is 0.251. The molecule has 1 saturated carbocycles. The van der Waals surface area contributed by atoms with Crippen LogP contribution in [0.25, 0.3) is 0 Å². The lowest BCUT2D eigenvalue weighted by Crippen LogP contribution is -2.11. The molecule has 1 aromatic rings. The molecule has 0 heterocycles. The summed E-state index contributed by atoms with van der Waals surface area (Å²) >= 11 is 0. The Hall–Kier alpha value is -0.980. The molecule has 0 radical (unpaired) electrons. The van der Waals surface area contributed by atoms with Gasteiger partial charge in [0.2, 0.25) is 0 Å². The van der Waals surface area contributed by atoms with E-state index in [9.17, 15) is 0 Å². The molecular weight excluding hydrogens is 170 g/mol. The number of hydrogen-bond donors (Lipinski definition) is 1. The predicted octanol–water partition coefficient (Wildman–Crippen LogP) is 3.56. The first kappa shape index (κ1) is 9.57. The summed E-state index contributed by atoms with van der Waals surface area (Å²) in [6.45, 7) is 6.76. The number of benzene rings is 1. The Bertz CT molecular complexity index is 318. The first-order valence-electron chi connectivity index (χ1n) is 5.43. The summed E-state index contributed by atoms with van der Waals surface area (Å²) in [5, 5.41) is 3.53. The van der Waals surface area contributed by atoms with Gasteiger partial charge in [0.05, 0.1) is 0 Å². The van der Waals surface area contributed by atoms with E-state index in [-0.39, 0.29) is 5.41 Å². The average Bonchev–Trinajstić information content (AvgIpc) is 2.87. The van der Waals surface area contributed by atoms with Crippen molar-refractivity contribution in [3.05, 3.63) is 29.8 Å². The van der Waals surface area contributed by atoms with Crippen LogP contribution in [0.2, 0.25) is 0 Å². The van der Waals surface area contributed by atoms with Gasteiger partial charge in [0, 0.05) is 11.7 Å². The first-order chi connectivity index (χ1) is 6.55. The molecule has 0 unspecified atom stereocenters. The van der Waals surface area contributed by atoms with Crippen LogP contribution in [-0.2, 0) is 5.41 Å². The lowest BCUT2D eigenvalue weighted by Gasteiger charge is -2.20. The molecule has 0 amide bonds. The maximum absolute atomic E-state index is 3.53. The molecule has 1 fully saturated rings. The van der Waals surface area contributed by atoms with Crippen molar-refractivity contribution in [2.75, 3.05) is 5.32 Å². The van der Waals surface area contributed by atoms with Crippen LogP contribution in [0, 0.1) is 0 Å². The van der Waals surface area contributed by atoms with Crippen LogP contribution in [0.15, 0.2) is 24.3 Å². The zero-order chi connectivity index (χ0) is 10.2. The van der Waals surface area contributed by atoms with E-state index in [0.29, 0.717) is 0 Å². The monoisotopic (exact) mass is 189 g/mol. The van der Waals surface area contributed by atoms with Crippen LogP contribution in [0.1, 0.15) is 39.2 Å². The molecule has 1 aromatic carbocycles. The van der Waals surface area contributed by atoms with Crippen molar-refractivity contribution in [1.82, 2.24) is 0 Å². The normalized spacial score (nSPS) is 16.8. The quantitative estimate of drug-likeness (QED) is 0.750. The highest BCUT2D eigenvalue weighted by Gasteiger charge is 2.21. The van der Waals surface area contributed by atoms with Crippen molar-refractivity contribution in [2.45, 2.75) is 45.1 Å². The van der Waals surface area contributed by atoms with Gasteiger partial charge in [-0.1, -0.05) is 32.9 Å². The van der Waals surface area contributed by atoms with Crippen molar-refractivity contribution < 1.29 is 0 Å². The summed E-state index contributed by atoms with van der Waals surface area (Å²) < 4.78 is 0. The molecule has 0 aromatic heterocycles. The van der Waals surface area contributed by atoms with Gasteiger partial charge in [-0.15, -0.1) is 0 Å². The highest BCUT2D eigenvalue weighted by Crippen LogP contribution is 2.28. The lowest BCUT2D eigenvalue weighted by molar-refractivity contribution is 0.590. The van der Waals surface area contributed by atoms with Gasteiger partial charge in [0.1, 0.15) is 0 Å². The van der Waals surface area contributed by atoms with E-state index in [0.717, 1.165) is 6.04 Å². The molecule has 1 aliphatic carbocycles. The lowest BCUT2D eigenvalue weighted by atomic mass is 9.87. The second kappa shape index (κ2) is 3.30. The summed E-state index contributed by atoms with van der Waals surface area (Å²) in [5.41, 5.74) is 2.93. The van der Waals surface area contributed by atoms with E-state index < -0.39 is 0 Å². The molecule has 0 aliphatic heterocycles. The summed E-state index contributed by atoms with van der Waals surface area (Å²) in [6.07, 6.45) is 2.67. The van der Waals surface area contributed by atoms with E-state index in [1.165, 1.54) is 24.1 Å². The zero-order valence-electron chi connectivity index (χ0n) is 9.30. The van der Waals surface area contributed by atoms with E-state index in [4.69, 9.17) is 0 Å². The van der Waals surface area contributed by atoms with Crippen LogP contribution in [-0.4, -0.2) is 6.04 Å². The topological polar surface area (TPSA) is 12.0 Å². The fourth-order valence-corrected chi connectivity index (χ4v) is 1.54. The SMILES string of the molecule is CC(C)(C)c1cccc(NC2CC2)c1. The molecule has 1 heteroatoms. The highest BCUT2D eigenvalue weighted by molar-refractivity contribution is 5.48. The van der Waals surface area contributed by atoms with Gasteiger partial charge >= 0.3 is 0 Å². The van der Waals surface area contributed by atoms with Crippen LogP contribution < -0.4 is 5.32 Å². The number of anilines is 1. The van der Waals surface area contributed by atoms with Crippen LogP contribution in [0.3, 0.4) is 0 Å². The molecule has 0 saturated heterocycles. The third-order valence-electron chi connectivity index (χ3n) is 2.68. The maximum atomic E-state index is 3.53. The Morgan fingerprint density at radius 1 is 1.21 bits per heavy atom. The standard InChI is InChI=1S/C13H19N/c1-13(2,3)10-5-4-6-12(9-10)14-11-7-8-11/h4-6,9,11,14H,7-8H2,1-3H3. The third-order valence-corrected chi connectivity index (χ3v) is 2.68. The Kier molecular flexibility index (Phi) is 2.26. The Morgan fingerprint density at radius 3 is 2.50 bits per heavy atom. The summed E-state index contributed by atoms with van der Waals surface area (Å²) in [4.78, 5) is 0. The Labute approximate surface area is 86.5 Å². The largest absolute Gasteiger partial charge is 0.382 e. The first-order valence-corrected chi connectivity index (χ1v) is 5.43. The highest BCUT2D eigenvalue weighted by atomic mass is 14.9. The van der Waals surface area contributed by atoms with E-state index in [1.54, 1.807) is 0 Å². The van der Waals surface area contributed by atoms with Gasteiger partial charge in [-0.05, 0) is 36.0 Å². The molecule has 1 N–H and O–H groups in total. The maximum Gasteiger partial charge on any atom is 0.0345 e. The van der Waals surface area contributed by atoms with Gasteiger partial charge in [0.25, 0.3) is 0 Å². The van der Waals surface area contributed by atoms with Crippen molar-refractivity contribution in [2.24, 2.45) is 0 Å². The minimum Gasteiger partial charge on any atom is -0.382 e. The molecular formula is C13H19N. The minimum atomic E-state index is 0.251. The summed E-state index contributed by atoms with van der Waals surface area (Å²) in [5.74, 6) is 0. The smallest absolute Gasteiger partial charge is 0.0345 e. The van der Waals surface area contributed by atoms with Crippen molar-refractivity contribution >= 4 is 5.69 Å². The molecule has 14 heavy (non-hydrogen) atoms. The predicted molar refractivity (Wildman–Crippen MR) is 61.8 cm³/mol. The van der Waals surface area contributed by atoms with Gasteiger partial charge in [-0.2, -0.15) is 0 Å². The van der Waals surface area contributed by atoms with Crippen LogP contribution >= 0.6 is 0 Å². The zero-order valence-corrected chi connectivity index (χ0v) is 9.30. The van der Waals surface area contributed by atoms with Crippen LogP contribution in [0.4, 0.5) is 5.69 Å². The van der Waals surface area contributed by atoms with E-state index in [1.807, 2.05) is 0 Å². The summed E-state index contributed by atoms with van der Waals surface area (Å²) in [6, 6.07) is 9.53.